The number of carbonyl (C=O) groups excluding carboxylic acids is 1. The van der Waals surface area contributed by atoms with Crippen LogP contribution in [-0.2, 0) is 0 Å². The number of nitrogens with zero attached hydrogens (tertiary/aromatic N) is 4. The van der Waals surface area contributed by atoms with Crippen LogP contribution in [0, 0.1) is 0 Å². The summed E-state index contributed by atoms with van der Waals surface area (Å²) in [6.45, 7) is 6.23. The number of hydrogen-bond acceptors (Lipinski definition) is 6. The monoisotopic (exact) mass is 370 g/mol. The second-order valence-corrected chi connectivity index (χ2v) is 8.05. The highest BCUT2D eigenvalue weighted by Gasteiger charge is 2.27. The van der Waals surface area contributed by atoms with Crippen LogP contribution < -0.4 is 4.90 Å². The molecule has 0 radical (unpaired) electrons. The first kappa shape index (κ1) is 17.6. The highest BCUT2D eigenvalue weighted by atomic mass is 32.1. The standard InChI is InChI=1S/C20H26N4OS/c1-15(25)17-7-3-4-8-18(17)19-21-20(26-22-19)24-13-9-16(10-14-24)23-11-5-2-6-12-23/h3-4,7-8,16H,2,5-6,9-14H2,1H3. The van der Waals surface area contributed by atoms with E-state index in [1.807, 2.05) is 24.3 Å². The first-order chi connectivity index (χ1) is 12.7. The molecule has 26 heavy (non-hydrogen) atoms. The molecular formula is C20H26N4OS. The first-order valence-corrected chi connectivity index (χ1v) is 10.4. The predicted octanol–water partition coefficient (Wildman–Crippen LogP) is 3.86. The van der Waals surface area contributed by atoms with Crippen molar-refractivity contribution < 1.29 is 4.79 Å². The lowest BCUT2D eigenvalue weighted by molar-refractivity contribution is 0.101. The van der Waals surface area contributed by atoms with Crippen molar-refractivity contribution in [1.29, 1.82) is 0 Å². The maximum atomic E-state index is 11.9. The number of carbonyl (C=O) groups is 1. The number of likely N-dealkylation sites (tertiary alicyclic amines) is 1. The van der Waals surface area contributed by atoms with Gasteiger partial charge in [-0.2, -0.15) is 9.36 Å². The van der Waals surface area contributed by atoms with Gasteiger partial charge in [-0.3, -0.25) is 4.79 Å². The molecule has 0 atom stereocenters. The number of piperidine rings is 2. The van der Waals surface area contributed by atoms with Gasteiger partial charge >= 0.3 is 0 Å². The largest absolute Gasteiger partial charge is 0.347 e. The smallest absolute Gasteiger partial charge is 0.205 e. The fourth-order valence-electron chi connectivity index (χ4n) is 4.14. The molecule has 6 heteroatoms. The molecule has 0 N–H and O–H groups in total. The third kappa shape index (κ3) is 3.67. The number of rotatable bonds is 4. The van der Waals surface area contributed by atoms with Crippen molar-refractivity contribution in [2.45, 2.75) is 45.1 Å². The number of ketones is 1. The van der Waals surface area contributed by atoms with Gasteiger partial charge in [0.25, 0.3) is 0 Å². The van der Waals surface area contributed by atoms with Crippen LogP contribution in [0.2, 0.25) is 0 Å². The van der Waals surface area contributed by atoms with Crippen LogP contribution >= 0.6 is 11.5 Å². The Bertz CT molecular complexity index is 761. The van der Waals surface area contributed by atoms with E-state index in [1.165, 1.54) is 56.7 Å². The second-order valence-electron chi connectivity index (χ2n) is 7.32. The Balaban J connectivity index is 1.44. The normalized spacial score (nSPS) is 19.7. The van der Waals surface area contributed by atoms with Gasteiger partial charge in [0, 0.05) is 41.8 Å². The average Bonchev–Trinajstić information content (AvgIpc) is 3.19. The zero-order valence-electron chi connectivity index (χ0n) is 15.4. The van der Waals surface area contributed by atoms with E-state index in [-0.39, 0.29) is 5.78 Å². The van der Waals surface area contributed by atoms with Crippen molar-refractivity contribution in [3.63, 3.8) is 0 Å². The van der Waals surface area contributed by atoms with E-state index < -0.39 is 0 Å². The van der Waals surface area contributed by atoms with Crippen LogP contribution in [-0.4, -0.2) is 52.3 Å². The Labute approximate surface area is 159 Å². The van der Waals surface area contributed by atoms with Gasteiger partial charge in [-0.05, 0) is 45.7 Å². The number of aromatic nitrogens is 2. The summed E-state index contributed by atoms with van der Waals surface area (Å²) < 4.78 is 4.54. The fraction of sp³-hybridized carbons (Fsp3) is 0.550. The molecule has 2 aliphatic heterocycles. The molecule has 2 aliphatic rings. The summed E-state index contributed by atoms with van der Waals surface area (Å²) in [4.78, 5) is 21.7. The van der Waals surface area contributed by atoms with Gasteiger partial charge < -0.3 is 9.80 Å². The summed E-state index contributed by atoms with van der Waals surface area (Å²) in [7, 11) is 0. The van der Waals surface area contributed by atoms with Gasteiger partial charge in [0.05, 0.1) is 0 Å². The van der Waals surface area contributed by atoms with Gasteiger partial charge in [-0.25, -0.2) is 0 Å². The van der Waals surface area contributed by atoms with Gasteiger partial charge in [0.1, 0.15) is 0 Å². The van der Waals surface area contributed by atoms with Crippen LogP contribution in [0.25, 0.3) is 11.4 Å². The number of benzene rings is 1. The average molecular weight is 371 g/mol. The third-order valence-corrected chi connectivity index (χ3v) is 6.38. The van der Waals surface area contributed by atoms with Crippen LogP contribution in [0.4, 0.5) is 5.13 Å². The predicted molar refractivity (Wildman–Crippen MR) is 106 cm³/mol. The highest BCUT2D eigenvalue weighted by molar-refractivity contribution is 7.09. The topological polar surface area (TPSA) is 49.3 Å². The van der Waals surface area contributed by atoms with Crippen molar-refractivity contribution in [2.75, 3.05) is 31.1 Å². The molecular weight excluding hydrogens is 344 g/mol. The SMILES string of the molecule is CC(=O)c1ccccc1-c1nsc(N2CCC(N3CCCCC3)CC2)n1. The van der Waals surface area contributed by atoms with Gasteiger partial charge in [-0.15, -0.1) is 0 Å². The molecule has 2 saturated heterocycles. The highest BCUT2D eigenvalue weighted by Crippen LogP contribution is 2.29. The molecule has 0 amide bonds. The molecule has 138 valence electrons. The molecule has 3 heterocycles. The van der Waals surface area contributed by atoms with Gasteiger partial charge in [0.2, 0.25) is 5.13 Å². The summed E-state index contributed by atoms with van der Waals surface area (Å²) in [6, 6.07) is 8.34. The van der Waals surface area contributed by atoms with E-state index >= 15 is 0 Å². The Morgan fingerprint density at radius 2 is 1.81 bits per heavy atom. The maximum Gasteiger partial charge on any atom is 0.205 e. The third-order valence-electron chi connectivity index (χ3n) is 5.60. The number of anilines is 1. The van der Waals surface area contributed by atoms with E-state index in [0.717, 1.165) is 29.8 Å². The molecule has 1 aromatic carbocycles. The van der Waals surface area contributed by atoms with E-state index in [9.17, 15) is 4.79 Å². The lowest BCUT2D eigenvalue weighted by Gasteiger charge is -2.40. The molecule has 1 aromatic heterocycles. The molecule has 0 aliphatic carbocycles. The lowest BCUT2D eigenvalue weighted by atomic mass is 10.0. The van der Waals surface area contributed by atoms with E-state index in [0.29, 0.717) is 11.4 Å². The van der Waals surface area contributed by atoms with Gasteiger partial charge in [0.15, 0.2) is 11.6 Å². The van der Waals surface area contributed by atoms with E-state index in [2.05, 4.69) is 14.2 Å². The summed E-state index contributed by atoms with van der Waals surface area (Å²) >= 11 is 1.45. The Morgan fingerprint density at radius 1 is 1.08 bits per heavy atom. The minimum atomic E-state index is 0.0549. The number of hydrogen-bond donors (Lipinski definition) is 0. The zero-order valence-corrected chi connectivity index (χ0v) is 16.2. The second kappa shape index (κ2) is 7.84. The molecule has 2 aromatic rings. The minimum absolute atomic E-state index is 0.0549. The van der Waals surface area contributed by atoms with E-state index in [1.54, 1.807) is 6.92 Å². The van der Waals surface area contributed by atoms with Crippen molar-refractivity contribution in [3.8, 4) is 11.4 Å². The summed E-state index contributed by atoms with van der Waals surface area (Å²) in [6.07, 6.45) is 6.52. The summed E-state index contributed by atoms with van der Waals surface area (Å²) in [5, 5.41) is 0.982. The van der Waals surface area contributed by atoms with Crippen molar-refractivity contribution >= 4 is 22.4 Å². The molecule has 5 nitrogen and oxygen atoms in total. The van der Waals surface area contributed by atoms with Crippen molar-refractivity contribution in [3.05, 3.63) is 29.8 Å². The van der Waals surface area contributed by atoms with Crippen LogP contribution in [0.3, 0.4) is 0 Å². The summed E-state index contributed by atoms with van der Waals surface area (Å²) in [5.41, 5.74) is 1.53. The molecule has 0 saturated carbocycles. The van der Waals surface area contributed by atoms with Crippen LogP contribution in [0.1, 0.15) is 49.4 Å². The van der Waals surface area contributed by atoms with Gasteiger partial charge in [-0.1, -0.05) is 30.7 Å². The Kier molecular flexibility index (Phi) is 5.31. The summed E-state index contributed by atoms with van der Waals surface area (Å²) in [5.74, 6) is 0.730. The first-order valence-electron chi connectivity index (χ1n) is 9.65. The molecule has 0 bridgehead atoms. The van der Waals surface area contributed by atoms with E-state index in [4.69, 9.17) is 4.98 Å². The molecule has 2 fully saturated rings. The van der Waals surface area contributed by atoms with Crippen molar-refractivity contribution in [2.24, 2.45) is 0 Å². The minimum Gasteiger partial charge on any atom is -0.347 e. The molecule has 0 spiro atoms. The number of Topliss-reactive ketones (excluding diaryl/α,β-unsaturated/α-hetero) is 1. The van der Waals surface area contributed by atoms with Crippen molar-refractivity contribution in [1.82, 2.24) is 14.3 Å². The lowest BCUT2D eigenvalue weighted by Crippen LogP contribution is -2.46. The zero-order chi connectivity index (χ0) is 17.9. The Hall–Kier alpha value is -1.79. The fourth-order valence-corrected chi connectivity index (χ4v) is 4.88. The van der Waals surface area contributed by atoms with Crippen LogP contribution in [0.15, 0.2) is 24.3 Å². The molecule has 4 rings (SSSR count). The van der Waals surface area contributed by atoms with Crippen LogP contribution in [0.5, 0.6) is 0 Å². The maximum absolute atomic E-state index is 11.9. The quantitative estimate of drug-likeness (QED) is 0.765. The molecule has 0 unspecified atom stereocenters. The Morgan fingerprint density at radius 3 is 2.54 bits per heavy atom.